The molecule has 0 unspecified atom stereocenters. The van der Waals surface area contributed by atoms with Crippen molar-refractivity contribution >= 4 is 21.1 Å². The van der Waals surface area contributed by atoms with Gasteiger partial charge in [0.25, 0.3) is 0 Å². The van der Waals surface area contributed by atoms with Gasteiger partial charge in [-0.1, -0.05) is 30.3 Å². The molecular weight excluding hydrogens is 360 g/mol. The van der Waals surface area contributed by atoms with Crippen molar-refractivity contribution in [3.05, 3.63) is 59.9 Å². The number of nitrogens with zero attached hydrogens (tertiary/aromatic N) is 2. The Kier molecular flexibility index (Phi) is 5.37. The average Bonchev–Trinajstić information content (AvgIpc) is 2.90. The van der Waals surface area contributed by atoms with E-state index in [4.69, 9.17) is 0 Å². The number of para-hydroxylation sites is 2. The molecule has 0 aliphatic carbocycles. The summed E-state index contributed by atoms with van der Waals surface area (Å²) in [5.41, 5.74) is 2.22. The zero-order valence-electron chi connectivity index (χ0n) is 16.2. The van der Waals surface area contributed by atoms with Crippen LogP contribution in [-0.2, 0) is 30.2 Å². The molecule has 27 heavy (non-hydrogen) atoms. The molecule has 0 saturated carbocycles. The van der Waals surface area contributed by atoms with E-state index >= 15 is 0 Å². The minimum Gasteiger partial charge on any atom is -0.330 e. The van der Waals surface area contributed by atoms with Crippen molar-refractivity contribution in [1.29, 1.82) is 0 Å². The molecule has 0 aliphatic rings. The van der Waals surface area contributed by atoms with Gasteiger partial charge in [-0.05, 0) is 44.5 Å². The highest BCUT2D eigenvalue weighted by atomic mass is 32.2. The Hall–Kier alpha value is -2.22. The second-order valence-electron chi connectivity index (χ2n) is 7.64. The first-order valence-electron chi connectivity index (χ1n) is 8.90. The van der Waals surface area contributed by atoms with Crippen LogP contribution in [0.25, 0.3) is 11.0 Å². The number of imidazole rings is 1. The standard InChI is InChI=1S/C20H26N4O2S/c1-20(2,3)23-27(25,26)18-12-8-5-9-15(18)13-21-14-19-22-16-10-6-7-11-17(16)24(19)4/h5-12,21,23H,13-14H2,1-4H3. The van der Waals surface area contributed by atoms with E-state index in [2.05, 4.69) is 15.0 Å². The molecule has 144 valence electrons. The van der Waals surface area contributed by atoms with Crippen LogP contribution in [0.4, 0.5) is 0 Å². The SMILES string of the molecule is Cn1c(CNCc2ccccc2S(=O)(=O)NC(C)(C)C)nc2ccccc21. The molecule has 6 nitrogen and oxygen atoms in total. The summed E-state index contributed by atoms with van der Waals surface area (Å²) in [5, 5.41) is 3.32. The zero-order valence-corrected chi connectivity index (χ0v) is 17.0. The maximum absolute atomic E-state index is 12.7. The summed E-state index contributed by atoms with van der Waals surface area (Å²) in [6, 6.07) is 15.0. The number of sulfonamides is 1. The molecule has 1 heterocycles. The van der Waals surface area contributed by atoms with Crippen LogP contribution >= 0.6 is 0 Å². The monoisotopic (exact) mass is 386 g/mol. The Morgan fingerprint density at radius 1 is 1.00 bits per heavy atom. The number of hydrogen-bond donors (Lipinski definition) is 2. The highest BCUT2D eigenvalue weighted by molar-refractivity contribution is 7.89. The van der Waals surface area contributed by atoms with Crippen molar-refractivity contribution in [3.63, 3.8) is 0 Å². The lowest BCUT2D eigenvalue weighted by Gasteiger charge is -2.21. The third-order valence-electron chi connectivity index (χ3n) is 4.18. The summed E-state index contributed by atoms with van der Waals surface area (Å²) in [6.07, 6.45) is 0. The minimum absolute atomic E-state index is 0.303. The van der Waals surface area contributed by atoms with Gasteiger partial charge in [0.2, 0.25) is 10.0 Å². The van der Waals surface area contributed by atoms with Crippen LogP contribution in [0.15, 0.2) is 53.4 Å². The number of aryl methyl sites for hydroxylation is 1. The Morgan fingerprint density at radius 3 is 2.37 bits per heavy atom. The lowest BCUT2D eigenvalue weighted by Crippen LogP contribution is -2.40. The maximum Gasteiger partial charge on any atom is 0.241 e. The van der Waals surface area contributed by atoms with Crippen molar-refractivity contribution in [2.75, 3.05) is 0 Å². The van der Waals surface area contributed by atoms with Gasteiger partial charge in [0.15, 0.2) is 0 Å². The third-order valence-corrected chi connectivity index (χ3v) is 6.04. The normalized spacial score (nSPS) is 12.6. The molecule has 2 N–H and O–H groups in total. The first-order valence-corrected chi connectivity index (χ1v) is 10.4. The molecule has 3 rings (SSSR count). The van der Waals surface area contributed by atoms with Gasteiger partial charge in [0, 0.05) is 19.1 Å². The van der Waals surface area contributed by atoms with Gasteiger partial charge in [-0.2, -0.15) is 0 Å². The second-order valence-corrected chi connectivity index (χ2v) is 9.29. The number of hydrogen-bond acceptors (Lipinski definition) is 4. The molecule has 0 atom stereocenters. The lowest BCUT2D eigenvalue weighted by atomic mass is 10.1. The summed E-state index contributed by atoms with van der Waals surface area (Å²) >= 11 is 0. The van der Waals surface area contributed by atoms with Gasteiger partial charge in [-0.25, -0.2) is 18.1 Å². The van der Waals surface area contributed by atoms with Crippen LogP contribution in [0.5, 0.6) is 0 Å². The van der Waals surface area contributed by atoms with E-state index < -0.39 is 15.6 Å². The fraction of sp³-hybridized carbons (Fsp3) is 0.350. The van der Waals surface area contributed by atoms with Crippen LogP contribution in [0, 0.1) is 0 Å². The van der Waals surface area contributed by atoms with Crippen LogP contribution in [0.1, 0.15) is 32.2 Å². The smallest absolute Gasteiger partial charge is 0.241 e. The lowest BCUT2D eigenvalue weighted by molar-refractivity contribution is 0.490. The molecule has 0 spiro atoms. The van der Waals surface area contributed by atoms with Crippen LogP contribution in [-0.4, -0.2) is 23.5 Å². The fourth-order valence-corrected chi connectivity index (χ4v) is 4.69. The van der Waals surface area contributed by atoms with E-state index in [0.717, 1.165) is 22.4 Å². The van der Waals surface area contributed by atoms with Crippen molar-refractivity contribution in [3.8, 4) is 0 Å². The van der Waals surface area contributed by atoms with Crippen LogP contribution in [0.3, 0.4) is 0 Å². The summed E-state index contributed by atoms with van der Waals surface area (Å²) in [6.45, 7) is 6.47. The quantitative estimate of drug-likeness (QED) is 0.683. The number of nitrogens with one attached hydrogen (secondary N) is 2. The summed E-state index contributed by atoms with van der Waals surface area (Å²) in [4.78, 5) is 4.94. The third kappa shape index (κ3) is 4.55. The van der Waals surface area contributed by atoms with E-state index in [9.17, 15) is 8.42 Å². The number of benzene rings is 2. The van der Waals surface area contributed by atoms with E-state index in [0.29, 0.717) is 18.0 Å². The summed E-state index contributed by atoms with van der Waals surface area (Å²) in [5.74, 6) is 0.907. The zero-order chi connectivity index (χ0) is 19.7. The molecule has 7 heteroatoms. The molecule has 3 aromatic rings. The Morgan fingerprint density at radius 2 is 1.67 bits per heavy atom. The molecule has 0 amide bonds. The van der Waals surface area contributed by atoms with Crippen LogP contribution < -0.4 is 10.0 Å². The Balaban J connectivity index is 1.76. The molecule has 2 aromatic carbocycles. The molecular formula is C20H26N4O2S. The van der Waals surface area contributed by atoms with Gasteiger partial charge >= 0.3 is 0 Å². The summed E-state index contributed by atoms with van der Waals surface area (Å²) < 4.78 is 30.2. The van der Waals surface area contributed by atoms with E-state index in [1.807, 2.05) is 68.8 Å². The molecule has 0 saturated heterocycles. The summed E-state index contributed by atoms with van der Waals surface area (Å²) in [7, 11) is -1.60. The van der Waals surface area contributed by atoms with Crippen molar-refractivity contribution < 1.29 is 8.42 Å². The van der Waals surface area contributed by atoms with Crippen molar-refractivity contribution in [2.24, 2.45) is 7.05 Å². The second kappa shape index (κ2) is 7.42. The Labute approximate surface area is 160 Å². The topological polar surface area (TPSA) is 76.0 Å². The van der Waals surface area contributed by atoms with Gasteiger partial charge in [-0.3, -0.25) is 0 Å². The average molecular weight is 387 g/mol. The number of fused-ring (bicyclic) bond motifs is 1. The molecule has 0 aliphatic heterocycles. The van der Waals surface area contributed by atoms with Gasteiger partial charge < -0.3 is 9.88 Å². The number of rotatable bonds is 6. The number of aromatic nitrogens is 2. The molecule has 1 aromatic heterocycles. The fourth-order valence-electron chi connectivity index (χ4n) is 3.03. The van der Waals surface area contributed by atoms with E-state index in [1.54, 1.807) is 12.1 Å². The largest absolute Gasteiger partial charge is 0.330 e. The van der Waals surface area contributed by atoms with Crippen molar-refractivity contribution in [1.82, 2.24) is 19.6 Å². The van der Waals surface area contributed by atoms with E-state index in [-0.39, 0.29) is 0 Å². The van der Waals surface area contributed by atoms with E-state index in [1.165, 1.54) is 0 Å². The van der Waals surface area contributed by atoms with Gasteiger partial charge in [0.1, 0.15) is 5.82 Å². The highest BCUT2D eigenvalue weighted by Gasteiger charge is 2.24. The maximum atomic E-state index is 12.7. The predicted octanol–water partition coefficient (Wildman–Crippen LogP) is 2.94. The van der Waals surface area contributed by atoms with Gasteiger partial charge in [0.05, 0.1) is 22.5 Å². The highest BCUT2D eigenvalue weighted by Crippen LogP contribution is 2.18. The first kappa shape index (κ1) is 19.5. The molecule has 0 radical (unpaired) electrons. The Bertz CT molecular complexity index is 1050. The predicted molar refractivity (Wildman–Crippen MR) is 108 cm³/mol. The minimum atomic E-state index is -3.58. The molecule has 0 bridgehead atoms. The van der Waals surface area contributed by atoms with Gasteiger partial charge in [-0.15, -0.1) is 0 Å². The van der Waals surface area contributed by atoms with Crippen LogP contribution in [0.2, 0.25) is 0 Å². The first-order chi connectivity index (χ1) is 12.7. The van der Waals surface area contributed by atoms with Crippen molar-refractivity contribution in [2.45, 2.75) is 44.3 Å². The molecule has 0 fully saturated rings.